The van der Waals surface area contributed by atoms with Gasteiger partial charge >= 0.3 is 0 Å². The zero-order valence-corrected chi connectivity index (χ0v) is 22.4. The zero-order chi connectivity index (χ0) is 27.3. The van der Waals surface area contributed by atoms with Crippen LogP contribution in [0, 0.1) is 16.6 Å². The van der Waals surface area contributed by atoms with Crippen LogP contribution in [0.25, 0.3) is 6.08 Å². The largest absolute Gasteiger partial charge is 0.490 e. The molecule has 1 heterocycles. The lowest BCUT2D eigenvalue weighted by Gasteiger charge is -2.58. The Balaban J connectivity index is 1.26. The molecule has 0 atom stereocenters. The van der Waals surface area contributed by atoms with E-state index in [9.17, 15) is 14.0 Å². The summed E-state index contributed by atoms with van der Waals surface area (Å²) in [5.41, 5.74) is 2.63. The van der Waals surface area contributed by atoms with Crippen LogP contribution in [-0.4, -0.2) is 81.5 Å². The molecule has 202 valence electrons. The minimum atomic E-state index is -0.432. The molecule has 1 aliphatic carbocycles. The van der Waals surface area contributed by atoms with E-state index in [2.05, 4.69) is 15.5 Å². The number of hydrogen-bond donors (Lipinski definition) is 3. The molecule has 1 aliphatic heterocycles. The number of nitrogens with one attached hydrogen (secondary N) is 3. The Labute approximate surface area is 227 Å². The molecule has 3 N–H and O–H groups in total. The Bertz CT molecular complexity index is 1220. The van der Waals surface area contributed by atoms with Crippen LogP contribution < -0.4 is 15.4 Å². The fraction of sp³-hybridized carbons (Fsp3) is 0.393. The fourth-order valence-corrected chi connectivity index (χ4v) is 5.40. The summed E-state index contributed by atoms with van der Waals surface area (Å²) >= 11 is 6.23. The summed E-state index contributed by atoms with van der Waals surface area (Å²) in [6, 6.07) is 6.40. The van der Waals surface area contributed by atoms with Gasteiger partial charge in [-0.3, -0.25) is 4.79 Å². The van der Waals surface area contributed by atoms with Gasteiger partial charge in [0.2, 0.25) is 0 Å². The molecule has 0 aromatic heterocycles. The minimum Gasteiger partial charge on any atom is -0.490 e. The number of nitrogens with zero attached hydrogens (tertiary/aromatic N) is 2. The number of benzene rings is 2. The van der Waals surface area contributed by atoms with E-state index in [0.29, 0.717) is 45.4 Å². The number of carbonyl (C=O) groups is 2. The van der Waals surface area contributed by atoms with Gasteiger partial charge in [-0.1, -0.05) is 11.6 Å². The Morgan fingerprint density at radius 1 is 1.18 bits per heavy atom. The van der Waals surface area contributed by atoms with E-state index < -0.39 is 5.82 Å². The summed E-state index contributed by atoms with van der Waals surface area (Å²) in [6.45, 7) is 3.37. The van der Waals surface area contributed by atoms with Crippen molar-refractivity contribution in [2.24, 2.45) is 5.41 Å². The molecule has 10 heteroatoms. The van der Waals surface area contributed by atoms with Crippen LogP contribution >= 0.6 is 11.6 Å². The molecule has 8 nitrogen and oxygen atoms in total. The summed E-state index contributed by atoms with van der Waals surface area (Å²) in [5, 5.41) is 13.9. The van der Waals surface area contributed by atoms with Crippen LogP contribution in [0.15, 0.2) is 30.5 Å². The van der Waals surface area contributed by atoms with E-state index in [0.717, 1.165) is 51.3 Å². The van der Waals surface area contributed by atoms with Crippen LogP contribution in [0.4, 0.5) is 15.8 Å². The lowest BCUT2D eigenvalue weighted by Crippen LogP contribution is -2.65. The first-order chi connectivity index (χ1) is 18.3. The lowest BCUT2D eigenvalue weighted by atomic mass is 9.61. The third-order valence-corrected chi connectivity index (χ3v) is 7.33. The summed E-state index contributed by atoms with van der Waals surface area (Å²) in [6.07, 6.45) is 8.23. The molecule has 38 heavy (non-hydrogen) atoms. The van der Waals surface area contributed by atoms with Gasteiger partial charge in [-0.15, -0.1) is 0 Å². The van der Waals surface area contributed by atoms with Crippen LogP contribution in [0.3, 0.4) is 0 Å². The van der Waals surface area contributed by atoms with Gasteiger partial charge in [-0.2, -0.15) is 0 Å². The van der Waals surface area contributed by atoms with Gasteiger partial charge in [0.15, 0.2) is 6.29 Å². The first-order valence-corrected chi connectivity index (χ1v) is 12.9. The minimum absolute atomic E-state index is 0.0844. The van der Waals surface area contributed by atoms with Crippen molar-refractivity contribution < 1.29 is 18.7 Å². The molecular formula is C28H33ClFN5O3. The first kappa shape index (κ1) is 27.6. The number of halogens is 2. The lowest BCUT2D eigenvalue weighted by molar-refractivity contribution is -0.117. The summed E-state index contributed by atoms with van der Waals surface area (Å²) in [5.74, 6) is 0.229. The summed E-state index contributed by atoms with van der Waals surface area (Å²) in [7, 11) is 3.81. The SMILES string of the molecule is CN(C)/C=C\c1c(OC2CC3(C2)CN(CCNc2cc(NCC=O)c(C=N)cc2F)C3)ccc(Cl)c1C=O. The van der Waals surface area contributed by atoms with Gasteiger partial charge in [-0.05, 0) is 49.4 Å². The van der Waals surface area contributed by atoms with E-state index in [-0.39, 0.29) is 18.1 Å². The fourth-order valence-electron chi connectivity index (χ4n) is 5.19. The van der Waals surface area contributed by atoms with Crippen molar-refractivity contribution in [2.75, 3.05) is 57.5 Å². The van der Waals surface area contributed by atoms with Crippen molar-refractivity contribution in [3.8, 4) is 5.75 Å². The summed E-state index contributed by atoms with van der Waals surface area (Å²) < 4.78 is 20.7. The third-order valence-electron chi connectivity index (χ3n) is 7.00. The molecule has 4 rings (SSSR count). The molecule has 0 unspecified atom stereocenters. The van der Waals surface area contributed by atoms with Gasteiger partial charge in [-0.25, -0.2) is 4.39 Å². The van der Waals surface area contributed by atoms with E-state index in [1.54, 1.807) is 12.1 Å². The standard InChI is InChI=1S/C28H33ClFN5O3/c1-34(2)8-5-21-22(16-37)23(29)3-4-27(21)38-20-13-28(14-20)17-35(18-28)9-6-32-26-12-25(33-7-10-36)19(15-31)11-24(26)30/h3-5,8,10-12,15-16,20,31-33H,6-7,9,13-14,17-18H2,1-2H3/b8-5-,31-15?. The Hall–Kier alpha value is -3.43. The third kappa shape index (κ3) is 6.16. The molecule has 2 aliphatic rings. The predicted molar refractivity (Wildman–Crippen MR) is 149 cm³/mol. The number of carbonyl (C=O) groups excluding carboxylic acids is 2. The topological polar surface area (TPSA) is 97.8 Å². The molecule has 1 spiro atoms. The van der Waals surface area contributed by atoms with E-state index in [4.69, 9.17) is 21.7 Å². The number of rotatable bonds is 13. The molecule has 2 aromatic carbocycles. The molecule has 1 saturated heterocycles. The maximum Gasteiger partial charge on any atom is 0.152 e. The van der Waals surface area contributed by atoms with Gasteiger partial charge in [0, 0.05) is 74.3 Å². The Morgan fingerprint density at radius 2 is 1.95 bits per heavy atom. The average molecular weight is 542 g/mol. The van der Waals surface area contributed by atoms with Crippen molar-refractivity contribution in [3.05, 3.63) is 58.0 Å². The first-order valence-electron chi connectivity index (χ1n) is 12.5. The van der Waals surface area contributed by atoms with E-state index in [1.807, 2.05) is 37.3 Å². The summed E-state index contributed by atoms with van der Waals surface area (Å²) in [4.78, 5) is 26.5. The molecule has 1 saturated carbocycles. The molecule has 2 aromatic rings. The highest BCUT2D eigenvalue weighted by Crippen LogP contribution is 2.50. The Morgan fingerprint density at radius 3 is 2.61 bits per heavy atom. The van der Waals surface area contributed by atoms with Crippen LogP contribution in [0.2, 0.25) is 5.02 Å². The van der Waals surface area contributed by atoms with E-state index >= 15 is 0 Å². The highest BCUT2D eigenvalue weighted by atomic mass is 35.5. The Kier molecular flexibility index (Phi) is 8.69. The zero-order valence-electron chi connectivity index (χ0n) is 21.6. The number of aldehydes is 2. The van der Waals surface area contributed by atoms with Crippen LogP contribution in [0.5, 0.6) is 5.75 Å². The molecular weight excluding hydrogens is 509 g/mol. The van der Waals surface area contributed by atoms with Gasteiger partial charge in [0.05, 0.1) is 23.4 Å². The quantitative estimate of drug-likeness (QED) is 0.255. The van der Waals surface area contributed by atoms with Gasteiger partial charge < -0.3 is 35.4 Å². The van der Waals surface area contributed by atoms with Gasteiger partial charge in [0.25, 0.3) is 0 Å². The number of likely N-dealkylation sites (tertiary alicyclic amines) is 1. The smallest absolute Gasteiger partial charge is 0.152 e. The van der Waals surface area contributed by atoms with Crippen LogP contribution in [0.1, 0.15) is 34.3 Å². The van der Waals surface area contributed by atoms with Crippen molar-refractivity contribution in [3.63, 3.8) is 0 Å². The van der Waals surface area contributed by atoms with E-state index in [1.165, 1.54) is 6.07 Å². The molecule has 2 fully saturated rings. The van der Waals surface area contributed by atoms with Crippen molar-refractivity contribution in [2.45, 2.75) is 18.9 Å². The maximum absolute atomic E-state index is 14.4. The predicted octanol–water partition coefficient (Wildman–Crippen LogP) is 4.39. The van der Waals surface area contributed by atoms with Crippen LogP contribution in [-0.2, 0) is 4.79 Å². The monoisotopic (exact) mass is 541 g/mol. The number of anilines is 2. The second-order valence-electron chi connectivity index (χ2n) is 10.2. The van der Waals surface area contributed by atoms with Gasteiger partial charge in [0.1, 0.15) is 17.9 Å². The van der Waals surface area contributed by atoms with Crippen molar-refractivity contribution in [1.82, 2.24) is 9.80 Å². The maximum atomic E-state index is 14.4. The number of hydrogen-bond acceptors (Lipinski definition) is 8. The molecule has 0 radical (unpaired) electrons. The van der Waals surface area contributed by atoms with Crippen molar-refractivity contribution >= 4 is 47.8 Å². The van der Waals surface area contributed by atoms with Crippen molar-refractivity contribution in [1.29, 1.82) is 5.41 Å². The number of ether oxygens (including phenoxy) is 1. The molecule has 0 amide bonds. The second kappa shape index (κ2) is 12.0. The molecule has 0 bridgehead atoms. The highest BCUT2D eigenvalue weighted by Gasteiger charge is 2.53. The normalized spacial score (nSPS) is 16.5. The average Bonchev–Trinajstić information content (AvgIpc) is 2.85. The second-order valence-corrected chi connectivity index (χ2v) is 10.6. The highest BCUT2D eigenvalue weighted by molar-refractivity contribution is 6.33.